The van der Waals surface area contributed by atoms with Crippen LogP contribution < -0.4 is 5.32 Å². The standard InChI is InChI=1S/C17H21FN6.HI/c1-4-20-17(23(2)11-14-9-22-24(3)12-14)21-10-15-7-13(8-19)5-6-16(15)18;/h5-7,9,12H,4,10-11H2,1-3H3,(H,20,21);1H. The molecule has 1 heterocycles. The first-order valence-electron chi connectivity index (χ1n) is 7.69. The Labute approximate surface area is 164 Å². The zero-order chi connectivity index (χ0) is 17.5. The van der Waals surface area contributed by atoms with E-state index in [1.54, 1.807) is 10.9 Å². The van der Waals surface area contributed by atoms with Gasteiger partial charge >= 0.3 is 0 Å². The number of aliphatic imine (C=N–C) groups is 1. The van der Waals surface area contributed by atoms with Gasteiger partial charge in [0.05, 0.1) is 24.4 Å². The van der Waals surface area contributed by atoms with Crippen molar-refractivity contribution in [3.63, 3.8) is 0 Å². The van der Waals surface area contributed by atoms with Gasteiger partial charge in [-0.3, -0.25) is 4.68 Å². The number of nitrogens with one attached hydrogen (secondary N) is 1. The quantitative estimate of drug-likeness (QED) is 0.427. The van der Waals surface area contributed by atoms with E-state index in [0.29, 0.717) is 30.2 Å². The summed E-state index contributed by atoms with van der Waals surface area (Å²) in [6, 6.07) is 6.31. The molecule has 0 unspecified atom stereocenters. The van der Waals surface area contributed by atoms with Crippen molar-refractivity contribution in [1.82, 2.24) is 20.0 Å². The molecule has 6 nitrogen and oxygen atoms in total. The van der Waals surface area contributed by atoms with E-state index in [0.717, 1.165) is 5.56 Å². The van der Waals surface area contributed by atoms with Crippen molar-refractivity contribution >= 4 is 29.9 Å². The van der Waals surface area contributed by atoms with Crippen molar-refractivity contribution in [2.45, 2.75) is 20.0 Å². The lowest BCUT2D eigenvalue weighted by Gasteiger charge is -2.21. The Morgan fingerprint density at radius 3 is 2.84 bits per heavy atom. The molecule has 0 aliphatic heterocycles. The zero-order valence-electron chi connectivity index (χ0n) is 14.5. The third-order valence-corrected chi connectivity index (χ3v) is 3.45. The van der Waals surface area contributed by atoms with Crippen LogP contribution in [-0.2, 0) is 20.1 Å². The van der Waals surface area contributed by atoms with E-state index in [-0.39, 0.29) is 36.3 Å². The van der Waals surface area contributed by atoms with Crippen molar-refractivity contribution in [2.24, 2.45) is 12.0 Å². The molecule has 0 radical (unpaired) electrons. The molecule has 0 aliphatic rings. The molecular formula is C17H22FIN6. The minimum absolute atomic E-state index is 0. The van der Waals surface area contributed by atoms with Crippen LogP contribution in [0.4, 0.5) is 4.39 Å². The van der Waals surface area contributed by atoms with Gasteiger partial charge in [-0.1, -0.05) is 0 Å². The summed E-state index contributed by atoms with van der Waals surface area (Å²) in [5.74, 6) is 0.312. The fourth-order valence-corrected chi connectivity index (χ4v) is 2.30. The van der Waals surface area contributed by atoms with Crippen LogP contribution in [-0.4, -0.2) is 34.2 Å². The highest BCUT2D eigenvalue weighted by Gasteiger charge is 2.09. The molecule has 0 atom stereocenters. The van der Waals surface area contributed by atoms with E-state index in [9.17, 15) is 4.39 Å². The number of guanidine groups is 1. The summed E-state index contributed by atoms with van der Waals surface area (Å²) >= 11 is 0. The Kier molecular flexibility index (Phi) is 8.34. The zero-order valence-corrected chi connectivity index (χ0v) is 16.9. The molecule has 134 valence electrons. The van der Waals surface area contributed by atoms with E-state index in [1.807, 2.05) is 38.2 Å². The van der Waals surface area contributed by atoms with Gasteiger partial charge in [-0.2, -0.15) is 10.4 Å². The fourth-order valence-electron chi connectivity index (χ4n) is 2.30. The van der Waals surface area contributed by atoms with Crippen molar-refractivity contribution < 1.29 is 4.39 Å². The highest BCUT2D eigenvalue weighted by Crippen LogP contribution is 2.12. The lowest BCUT2D eigenvalue weighted by Crippen LogP contribution is -2.38. The van der Waals surface area contributed by atoms with Crippen molar-refractivity contribution in [2.75, 3.05) is 13.6 Å². The number of rotatable bonds is 5. The fraction of sp³-hybridized carbons (Fsp3) is 0.353. The highest BCUT2D eigenvalue weighted by atomic mass is 127. The topological polar surface area (TPSA) is 69.2 Å². The van der Waals surface area contributed by atoms with E-state index in [2.05, 4.69) is 15.4 Å². The van der Waals surface area contributed by atoms with Crippen LogP contribution in [0.2, 0.25) is 0 Å². The van der Waals surface area contributed by atoms with Crippen molar-refractivity contribution in [3.05, 3.63) is 53.1 Å². The summed E-state index contributed by atoms with van der Waals surface area (Å²) < 4.78 is 15.6. The van der Waals surface area contributed by atoms with Gasteiger partial charge in [0.1, 0.15) is 5.82 Å². The average molecular weight is 456 g/mol. The van der Waals surface area contributed by atoms with E-state index < -0.39 is 0 Å². The Bertz CT molecular complexity index is 765. The summed E-state index contributed by atoms with van der Waals surface area (Å²) in [7, 11) is 3.78. The van der Waals surface area contributed by atoms with Crippen molar-refractivity contribution in [3.8, 4) is 6.07 Å². The Hall–Kier alpha value is -2.15. The maximum atomic E-state index is 13.9. The van der Waals surface area contributed by atoms with Gasteiger partial charge in [0.25, 0.3) is 0 Å². The molecule has 25 heavy (non-hydrogen) atoms. The maximum absolute atomic E-state index is 13.9. The van der Waals surface area contributed by atoms with Crippen LogP contribution in [0.5, 0.6) is 0 Å². The number of nitrogens with zero attached hydrogens (tertiary/aromatic N) is 5. The predicted octanol–water partition coefficient (Wildman–Crippen LogP) is 2.65. The van der Waals surface area contributed by atoms with Crippen LogP contribution in [0.15, 0.2) is 35.6 Å². The molecule has 0 amide bonds. The largest absolute Gasteiger partial charge is 0.357 e. The summed E-state index contributed by atoms with van der Waals surface area (Å²) in [5.41, 5.74) is 1.89. The van der Waals surface area contributed by atoms with Crippen LogP contribution in [0.3, 0.4) is 0 Å². The first-order chi connectivity index (χ1) is 11.5. The van der Waals surface area contributed by atoms with E-state index >= 15 is 0 Å². The SMILES string of the molecule is CCNC(=NCc1cc(C#N)ccc1F)N(C)Cc1cnn(C)c1.I. The summed E-state index contributed by atoms with van der Waals surface area (Å²) in [6.07, 6.45) is 3.74. The molecule has 0 saturated carbocycles. The number of halogens is 2. The Morgan fingerprint density at radius 2 is 2.24 bits per heavy atom. The minimum Gasteiger partial charge on any atom is -0.357 e. The molecule has 0 fully saturated rings. The molecule has 0 spiro atoms. The molecule has 1 N–H and O–H groups in total. The monoisotopic (exact) mass is 456 g/mol. The summed E-state index contributed by atoms with van der Waals surface area (Å²) in [6.45, 7) is 3.49. The first kappa shape index (κ1) is 20.9. The second kappa shape index (κ2) is 9.98. The van der Waals surface area contributed by atoms with Crippen LogP contribution in [0.1, 0.15) is 23.6 Å². The molecule has 2 rings (SSSR count). The van der Waals surface area contributed by atoms with Crippen LogP contribution in [0, 0.1) is 17.1 Å². The van der Waals surface area contributed by atoms with Gasteiger partial charge < -0.3 is 10.2 Å². The number of nitriles is 1. The number of hydrogen-bond donors (Lipinski definition) is 1. The maximum Gasteiger partial charge on any atom is 0.194 e. The molecule has 2 aromatic rings. The van der Waals surface area contributed by atoms with Gasteiger partial charge in [0.2, 0.25) is 0 Å². The molecule has 0 saturated heterocycles. The minimum atomic E-state index is -0.358. The summed E-state index contributed by atoms with van der Waals surface area (Å²) in [4.78, 5) is 6.43. The van der Waals surface area contributed by atoms with Gasteiger partial charge in [-0.05, 0) is 25.1 Å². The number of benzene rings is 1. The smallest absolute Gasteiger partial charge is 0.194 e. The predicted molar refractivity (Wildman–Crippen MR) is 106 cm³/mol. The number of aromatic nitrogens is 2. The lowest BCUT2D eigenvalue weighted by molar-refractivity contribution is 0.476. The van der Waals surface area contributed by atoms with Gasteiger partial charge in [0.15, 0.2) is 5.96 Å². The van der Waals surface area contributed by atoms with Crippen LogP contribution in [0.25, 0.3) is 0 Å². The molecule has 0 aliphatic carbocycles. The normalized spacial score (nSPS) is 10.8. The first-order valence-corrected chi connectivity index (χ1v) is 7.69. The Morgan fingerprint density at radius 1 is 1.48 bits per heavy atom. The summed E-state index contributed by atoms with van der Waals surface area (Å²) in [5, 5.41) is 16.3. The highest BCUT2D eigenvalue weighted by molar-refractivity contribution is 14.0. The number of hydrogen-bond acceptors (Lipinski definition) is 3. The second-order valence-electron chi connectivity index (χ2n) is 5.47. The molecular weight excluding hydrogens is 434 g/mol. The van der Waals surface area contributed by atoms with Crippen molar-refractivity contribution in [1.29, 1.82) is 5.26 Å². The van der Waals surface area contributed by atoms with Gasteiger partial charge in [-0.25, -0.2) is 9.38 Å². The third kappa shape index (κ3) is 6.01. The molecule has 1 aromatic carbocycles. The molecule has 0 bridgehead atoms. The third-order valence-electron chi connectivity index (χ3n) is 3.45. The van der Waals surface area contributed by atoms with E-state index in [4.69, 9.17) is 5.26 Å². The molecule has 8 heteroatoms. The lowest BCUT2D eigenvalue weighted by atomic mass is 10.1. The van der Waals surface area contributed by atoms with Gasteiger partial charge in [0, 0.05) is 44.5 Å². The number of aryl methyl sites for hydroxylation is 1. The Balaban J connectivity index is 0.00000312. The second-order valence-corrected chi connectivity index (χ2v) is 5.47. The average Bonchev–Trinajstić information content (AvgIpc) is 2.97. The van der Waals surface area contributed by atoms with E-state index in [1.165, 1.54) is 18.2 Å². The molecule has 1 aromatic heterocycles. The van der Waals surface area contributed by atoms with Crippen LogP contribution >= 0.6 is 24.0 Å². The van der Waals surface area contributed by atoms with Gasteiger partial charge in [-0.15, -0.1) is 24.0 Å².